The summed E-state index contributed by atoms with van der Waals surface area (Å²) in [5.74, 6) is -1.40. The highest BCUT2D eigenvalue weighted by Crippen LogP contribution is 2.28. The van der Waals surface area contributed by atoms with Crippen molar-refractivity contribution in [2.24, 2.45) is 0 Å². The summed E-state index contributed by atoms with van der Waals surface area (Å²) in [6, 6.07) is 0.518. The molecule has 0 atom stereocenters. The van der Waals surface area contributed by atoms with Gasteiger partial charge in [0.15, 0.2) is 0 Å². The second kappa shape index (κ2) is 3.71. The number of carboxylic acids is 1. The summed E-state index contributed by atoms with van der Waals surface area (Å²) in [7, 11) is 0. The predicted molar refractivity (Wildman–Crippen MR) is 48.9 cm³/mol. The third-order valence-corrected chi connectivity index (χ3v) is 2.24. The predicted octanol–water partition coefficient (Wildman–Crippen LogP) is 2.40. The second-order valence-corrected chi connectivity index (χ2v) is 3.51. The fourth-order valence-corrected chi connectivity index (χ4v) is 1.28. The van der Waals surface area contributed by atoms with Crippen molar-refractivity contribution in [1.82, 2.24) is 4.98 Å². The van der Waals surface area contributed by atoms with E-state index in [1.165, 1.54) is 0 Å². The van der Waals surface area contributed by atoms with E-state index in [0.717, 1.165) is 6.20 Å². The van der Waals surface area contributed by atoms with E-state index in [-0.39, 0.29) is 3.57 Å². The average molecular weight is 317 g/mol. The third kappa shape index (κ3) is 2.34. The van der Waals surface area contributed by atoms with E-state index in [2.05, 4.69) is 4.98 Å². The number of carboxylic acid groups (broad SMARTS) is 1. The number of halogens is 4. The molecule has 1 rings (SSSR count). The first-order valence-corrected chi connectivity index (χ1v) is 4.36. The van der Waals surface area contributed by atoms with Gasteiger partial charge in [-0.25, -0.2) is 4.79 Å². The van der Waals surface area contributed by atoms with E-state index >= 15 is 0 Å². The maximum absolute atomic E-state index is 12.1. The molecule has 0 spiro atoms. The Hall–Kier alpha value is -0.860. The van der Waals surface area contributed by atoms with Gasteiger partial charge in [-0.15, -0.1) is 0 Å². The van der Waals surface area contributed by atoms with Crippen molar-refractivity contribution in [3.63, 3.8) is 0 Å². The maximum atomic E-state index is 12.1. The van der Waals surface area contributed by atoms with Gasteiger partial charge in [0.2, 0.25) is 0 Å². The zero-order chi connectivity index (χ0) is 10.9. The van der Waals surface area contributed by atoms with E-state index in [4.69, 9.17) is 5.11 Å². The summed E-state index contributed by atoms with van der Waals surface area (Å²) in [6.45, 7) is 0. The number of hydrogen-bond donors (Lipinski definition) is 1. The second-order valence-electron chi connectivity index (χ2n) is 2.35. The smallest absolute Gasteiger partial charge is 0.433 e. The summed E-state index contributed by atoms with van der Waals surface area (Å²) in [5, 5.41) is 8.56. The number of aromatic nitrogens is 1. The summed E-state index contributed by atoms with van der Waals surface area (Å²) in [5.41, 5.74) is -1.59. The quantitative estimate of drug-likeness (QED) is 0.809. The van der Waals surface area contributed by atoms with Crippen LogP contribution in [0.15, 0.2) is 12.3 Å². The molecule has 0 amide bonds. The van der Waals surface area contributed by atoms with Crippen LogP contribution in [0.3, 0.4) is 0 Å². The van der Waals surface area contributed by atoms with Gasteiger partial charge in [-0.05, 0) is 28.7 Å². The van der Waals surface area contributed by atoms with Crippen molar-refractivity contribution in [1.29, 1.82) is 0 Å². The molecule has 1 heterocycles. The molecule has 0 aliphatic heterocycles. The molecular formula is C7H3F3INO2. The molecule has 3 nitrogen and oxygen atoms in total. The highest BCUT2D eigenvalue weighted by atomic mass is 127. The number of rotatable bonds is 1. The number of aromatic carboxylic acids is 1. The zero-order valence-electron chi connectivity index (χ0n) is 6.47. The Morgan fingerprint density at radius 1 is 1.50 bits per heavy atom. The monoisotopic (exact) mass is 317 g/mol. The molecule has 76 valence electrons. The van der Waals surface area contributed by atoms with Crippen molar-refractivity contribution < 1.29 is 23.1 Å². The van der Waals surface area contributed by atoms with Crippen LogP contribution >= 0.6 is 22.6 Å². The summed E-state index contributed by atoms with van der Waals surface area (Å²) >= 11 is 1.61. The van der Waals surface area contributed by atoms with Crippen LogP contribution in [0.1, 0.15) is 16.1 Å². The minimum atomic E-state index is -4.62. The third-order valence-electron chi connectivity index (χ3n) is 1.38. The Balaban J connectivity index is 3.27. The lowest BCUT2D eigenvalue weighted by Gasteiger charge is -2.06. The average Bonchev–Trinajstić information content (AvgIpc) is 2.02. The molecule has 0 fully saturated rings. The highest BCUT2D eigenvalue weighted by molar-refractivity contribution is 14.1. The van der Waals surface area contributed by atoms with Crippen LogP contribution in [0.5, 0.6) is 0 Å². The standard InChI is InChI=1S/C7H3F3INO2/c8-7(9,10)5-1-3(6(13)14)4(11)2-12-5/h1-2H,(H,13,14). The van der Waals surface area contributed by atoms with Crippen LogP contribution < -0.4 is 0 Å². The molecule has 0 aliphatic rings. The van der Waals surface area contributed by atoms with E-state index in [1.54, 1.807) is 22.6 Å². The van der Waals surface area contributed by atoms with Crippen LogP contribution in [0.4, 0.5) is 13.2 Å². The van der Waals surface area contributed by atoms with Crippen molar-refractivity contribution in [2.75, 3.05) is 0 Å². The lowest BCUT2D eigenvalue weighted by molar-refractivity contribution is -0.141. The van der Waals surface area contributed by atoms with Crippen molar-refractivity contribution in [3.05, 3.63) is 27.1 Å². The number of hydrogen-bond acceptors (Lipinski definition) is 2. The SMILES string of the molecule is O=C(O)c1cc(C(F)(F)F)ncc1I. The fraction of sp³-hybridized carbons (Fsp3) is 0.143. The van der Waals surface area contributed by atoms with Crippen LogP contribution in [-0.4, -0.2) is 16.1 Å². The van der Waals surface area contributed by atoms with Crippen molar-refractivity contribution >= 4 is 28.6 Å². The Labute approximate surface area is 90.1 Å². The molecule has 0 radical (unpaired) electrons. The Kier molecular flexibility index (Phi) is 2.98. The van der Waals surface area contributed by atoms with Gasteiger partial charge >= 0.3 is 12.1 Å². The molecule has 1 aromatic rings. The van der Waals surface area contributed by atoms with Crippen LogP contribution in [0.25, 0.3) is 0 Å². The summed E-state index contributed by atoms with van der Waals surface area (Å²) < 4.78 is 36.5. The molecule has 1 N–H and O–H groups in total. The highest BCUT2D eigenvalue weighted by Gasteiger charge is 2.33. The fourth-order valence-electron chi connectivity index (χ4n) is 0.758. The molecule has 7 heteroatoms. The van der Waals surface area contributed by atoms with Gasteiger partial charge in [-0.2, -0.15) is 13.2 Å². The Bertz CT molecular complexity index is 378. The summed E-state index contributed by atoms with van der Waals surface area (Å²) in [4.78, 5) is 13.6. The lowest BCUT2D eigenvalue weighted by atomic mass is 10.2. The Morgan fingerprint density at radius 3 is 2.50 bits per heavy atom. The van der Waals surface area contributed by atoms with Gasteiger partial charge in [-0.1, -0.05) is 0 Å². The van der Waals surface area contributed by atoms with Gasteiger partial charge in [0.25, 0.3) is 0 Å². The van der Waals surface area contributed by atoms with Gasteiger partial charge in [0.1, 0.15) is 5.69 Å². The normalized spacial score (nSPS) is 11.4. The number of pyridine rings is 1. The first-order valence-electron chi connectivity index (χ1n) is 3.28. The van der Waals surface area contributed by atoms with E-state index in [0.29, 0.717) is 6.07 Å². The molecule has 0 bridgehead atoms. The molecule has 0 aromatic carbocycles. The molecule has 14 heavy (non-hydrogen) atoms. The molecular weight excluding hydrogens is 314 g/mol. The van der Waals surface area contributed by atoms with Crippen molar-refractivity contribution in [3.8, 4) is 0 Å². The molecule has 0 aliphatic carbocycles. The largest absolute Gasteiger partial charge is 0.478 e. The van der Waals surface area contributed by atoms with Crippen molar-refractivity contribution in [2.45, 2.75) is 6.18 Å². The number of carbonyl (C=O) groups is 1. The topological polar surface area (TPSA) is 50.2 Å². The van der Waals surface area contributed by atoms with Gasteiger partial charge in [0, 0.05) is 9.77 Å². The van der Waals surface area contributed by atoms with Gasteiger partial charge in [0.05, 0.1) is 5.56 Å². The van der Waals surface area contributed by atoms with E-state index in [9.17, 15) is 18.0 Å². The van der Waals surface area contributed by atoms with Gasteiger partial charge in [-0.3, -0.25) is 4.98 Å². The lowest BCUT2D eigenvalue weighted by Crippen LogP contribution is -2.11. The minimum absolute atomic E-state index is 0.170. The van der Waals surface area contributed by atoms with Crippen LogP contribution in [-0.2, 0) is 6.18 Å². The van der Waals surface area contributed by atoms with Crippen LogP contribution in [0.2, 0.25) is 0 Å². The van der Waals surface area contributed by atoms with E-state index < -0.39 is 23.4 Å². The first-order chi connectivity index (χ1) is 6.32. The number of alkyl halides is 3. The van der Waals surface area contributed by atoms with Crippen LogP contribution in [0, 0.1) is 3.57 Å². The van der Waals surface area contributed by atoms with E-state index in [1.807, 2.05) is 0 Å². The summed E-state index contributed by atoms with van der Waals surface area (Å²) in [6.07, 6.45) is -3.73. The first kappa shape index (κ1) is 11.2. The Morgan fingerprint density at radius 2 is 2.07 bits per heavy atom. The number of nitrogens with zero attached hydrogens (tertiary/aromatic N) is 1. The molecule has 1 aromatic heterocycles. The minimum Gasteiger partial charge on any atom is -0.478 e. The molecule has 0 unspecified atom stereocenters. The molecule has 0 saturated heterocycles. The zero-order valence-corrected chi connectivity index (χ0v) is 8.63. The molecule has 0 saturated carbocycles. The van der Waals surface area contributed by atoms with Gasteiger partial charge < -0.3 is 5.11 Å². The maximum Gasteiger partial charge on any atom is 0.433 e.